The number of thiophene rings is 1. The van der Waals surface area contributed by atoms with Gasteiger partial charge in [-0.1, -0.05) is 0 Å². The van der Waals surface area contributed by atoms with Gasteiger partial charge in [-0.2, -0.15) is 0 Å². The van der Waals surface area contributed by atoms with Crippen molar-refractivity contribution >= 4 is 27.9 Å². The first kappa shape index (κ1) is 14.9. The zero-order valence-corrected chi connectivity index (χ0v) is 12.9. The molecule has 0 saturated carbocycles. The van der Waals surface area contributed by atoms with Gasteiger partial charge in [0.25, 0.3) is 5.91 Å². The van der Waals surface area contributed by atoms with Gasteiger partial charge in [0.1, 0.15) is 15.6 Å². The highest BCUT2D eigenvalue weighted by Gasteiger charge is 2.28. The summed E-state index contributed by atoms with van der Waals surface area (Å²) in [5, 5.41) is 10.5. The van der Waals surface area contributed by atoms with Gasteiger partial charge < -0.3 is 25.4 Å². The Morgan fingerprint density at radius 2 is 2.05 bits per heavy atom. The Morgan fingerprint density at radius 3 is 2.55 bits per heavy atom. The molecule has 20 heavy (non-hydrogen) atoms. The Hall–Kier alpha value is -1.47. The lowest BCUT2D eigenvalue weighted by Crippen LogP contribution is -2.35. The quantitative estimate of drug-likeness (QED) is 0.870. The number of nitrogens with two attached hydrogens (primary N) is 1. The summed E-state index contributed by atoms with van der Waals surface area (Å²) in [5.41, 5.74) is 6.45. The summed E-state index contributed by atoms with van der Waals surface area (Å²) in [4.78, 5) is 16.3. The fourth-order valence-electron chi connectivity index (χ4n) is 2.25. The number of rotatable bonds is 3. The van der Waals surface area contributed by atoms with E-state index in [1.54, 1.807) is 21.2 Å². The molecule has 1 aromatic rings. The molecule has 0 unspecified atom stereocenters. The van der Waals surface area contributed by atoms with Crippen LogP contribution in [0.25, 0.3) is 0 Å². The van der Waals surface area contributed by atoms with Crippen molar-refractivity contribution < 1.29 is 14.6 Å². The maximum absolute atomic E-state index is 12.1. The number of aliphatic hydroxyl groups is 1. The molecule has 3 N–H and O–H groups in total. The van der Waals surface area contributed by atoms with Crippen LogP contribution < -0.4 is 15.4 Å². The first-order chi connectivity index (χ1) is 9.45. The normalized spacial score (nSPS) is 16.3. The number of carbonyl (C=O) groups excluding carboxylic acids is 1. The van der Waals surface area contributed by atoms with E-state index < -0.39 is 0 Å². The molecule has 1 saturated heterocycles. The van der Waals surface area contributed by atoms with Crippen LogP contribution in [0, 0.1) is 0 Å². The standard InChI is InChI=1S/C13H21N3O3S/c1-15(2)12(18)11-9(14)10(19-3)13(20-11)16-6-4-8(17)5-7-16/h8,17H,4-7,14H2,1-3H3. The highest BCUT2D eigenvalue weighted by atomic mass is 32.1. The van der Waals surface area contributed by atoms with Crippen molar-refractivity contribution in [1.82, 2.24) is 4.90 Å². The zero-order chi connectivity index (χ0) is 14.9. The Morgan fingerprint density at radius 1 is 1.45 bits per heavy atom. The number of hydrogen-bond acceptors (Lipinski definition) is 6. The number of hydrogen-bond donors (Lipinski definition) is 2. The minimum atomic E-state index is -0.238. The molecule has 2 heterocycles. The van der Waals surface area contributed by atoms with E-state index in [1.807, 2.05) is 0 Å². The molecule has 0 spiro atoms. The second kappa shape index (κ2) is 5.88. The summed E-state index contributed by atoms with van der Waals surface area (Å²) in [5.74, 6) is 0.450. The van der Waals surface area contributed by atoms with Crippen molar-refractivity contribution in [3.05, 3.63) is 4.88 Å². The maximum Gasteiger partial charge on any atom is 0.265 e. The van der Waals surface area contributed by atoms with E-state index in [0.29, 0.717) is 16.3 Å². The lowest BCUT2D eigenvalue weighted by Gasteiger charge is -2.30. The molecule has 1 aliphatic heterocycles. The van der Waals surface area contributed by atoms with E-state index in [0.717, 1.165) is 30.9 Å². The molecule has 112 valence electrons. The summed E-state index contributed by atoms with van der Waals surface area (Å²) in [7, 11) is 4.96. The monoisotopic (exact) mass is 299 g/mol. The molecular weight excluding hydrogens is 278 g/mol. The van der Waals surface area contributed by atoms with Crippen LogP contribution in [0.3, 0.4) is 0 Å². The average molecular weight is 299 g/mol. The summed E-state index contributed by atoms with van der Waals surface area (Å²) >= 11 is 1.36. The van der Waals surface area contributed by atoms with Crippen LogP contribution in [0.1, 0.15) is 22.5 Å². The van der Waals surface area contributed by atoms with Gasteiger partial charge in [-0.15, -0.1) is 11.3 Å². The van der Waals surface area contributed by atoms with E-state index in [2.05, 4.69) is 4.90 Å². The molecule has 7 heteroatoms. The van der Waals surface area contributed by atoms with Gasteiger partial charge in [-0.25, -0.2) is 0 Å². The molecule has 2 rings (SSSR count). The van der Waals surface area contributed by atoms with Crippen LogP contribution in [0.15, 0.2) is 0 Å². The molecule has 1 amide bonds. The van der Waals surface area contributed by atoms with Gasteiger partial charge >= 0.3 is 0 Å². The first-order valence-corrected chi connectivity index (χ1v) is 7.38. The third kappa shape index (κ3) is 2.69. The maximum atomic E-state index is 12.1. The molecule has 1 aromatic heterocycles. The molecular formula is C13H21N3O3S. The van der Waals surface area contributed by atoms with E-state index in [-0.39, 0.29) is 12.0 Å². The van der Waals surface area contributed by atoms with Crippen LogP contribution in [-0.2, 0) is 0 Å². The first-order valence-electron chi connectivity index (χ1n) is 6.56. The lowest BCUT2D eigenvalue weighted by atomic mass is 10.1. The van der Waals surface area contributed by atoms with Crippen molar-refractivity contribution in [1.29, 1.82) is 0 Å². The fourth-order valence-corrected chi connectivity index (χ4v) is 3.52. The zero-order valence-electron chi connectivity index (χ0n) is 12.0. The smallest absolute Gasteiger partial charge is 0.265 e. The second-order valence-electron chi connectivity index (χ2n) is 5.10. The van der Waals surface area contributed by atoms with Crippen LogP contribution in [0.4, 0.5) is 10.7 Å². The van der Waals surface area contributed by atoms with Crippen LogP contribution in [-0.4, -0.2) is 56.3 Å². The summed E-state index contributed by atoms with van der Waals surface area (Å²) in [6.07, 6.45) is 1.20. The van der Waals surface area contributed by atoms with Gasteiger partial charge in [0.2, 0.25) is 0 Å². The minimum Gasteiger partial charge on any atom is -0.492 e. The number of piperidine rings is 1. The molecule has 6 nitrogen and oxygen atoms in total. The van der Waals surface area contributed by atoms with Crippen LogP contribution >= 0.6 is 11.3 Å². The van der Waals surface area contributed by atoms with E-state index in [4.69, 9.17) is 10.5 Å². The van der Waals surface area contributed by atoms with E-state index >= 15 is 0 Å². The Kier molecular flexibility index (Phi) is 4.39. The van der Waals surface area contributed by atoms with Gasteiger partial charge in [0.05, 0.1) is 13.2 Å². The third-order valence-corrected chi connectivity index (χ3v) is 4.67. The van der Waals surface area contributed by atoms with Crippen LogP contribution in [0.2, 0.25) is 0 Å². The minimum absolute atomic E-state index is 0.117. The van der Waals surface area contributed by atoms with Crippen molar-refractivity contribution in [2.45, 2.75) is 18.9 Å². The predicted octanol–water partition coefficient (Wildman–Crippen LogP) is 1.00. The molecule has 0 atom stereocenters. The Bertz CT molecular complexity index is 493. The summed E-state index contributed by atoms with van der Waals surface area (Å²) in [6, 6.07) is 0. The number of nitrogen functional groups attached to an aromatic ring is 1. The van der Waals surface area contributed by atoms with Crippen molar-refractivity contribution in [3.63, 3.8) is 0 Å². The van der Waals surface area contributed by atoms with Gasteiger partial charge in [-0.3, -0.25) is 4.79 Å². The van der Waals surface area contributed by atoms with Crippen molar-refractivity contribution in [3.8, 4) is 5.75 Å². The Balaban J connectivity index is 2.33. The van der Waals surface area contributed by atoms with Gasteiger partial charge in [-0.05, 0) is 12.8 Å². The van der Waals surface area contributed by atoms with Crippen LogP contribution in [0.5, 0.6) is 5.75 Å². The largest absolute Gasteiger partial charge is 0.492 e. The molecule has 0 aliphatic carbocycles. The SMILES string of the molecule is COc1c(N2CCC(O)CC2)sc(C(=O)N(C)C)c1N. The lowest BCUT2D eigenvalue weighted by molar-refractivity contribution is 0.0833. The van der Waals surface area contributed by atoms with E-state index in [1.165, 1.54) is 16.2 Å². The number of ether oxygens (including phenoxy) is 1. The number of aliphatic hydroxyl groups excluding tert-OH is 1. The topological polar surface area (TPSA) is 79.0 Å². The average Bonchev–Trinajstić information content (AvgIpc) is 2.75. The number of anilines is 2. The van der Waals surface area contributed by atoms with Crippen molar-refractivity contribution in [2.24, 2.45) is 0 Å². The molecule has 0 radical (unpaired) electrons. The summed E-state index contributed by atoms with van der Waals surface area (Å²) in [6.45, 7) is 1.49. The molecule has 1 fully saturated rings. The molecule has 1 aliphatic rings. The number of nitrogens with zero attached hydrogens (tertiary/aromatic N) is 2. The highest BCUT2D eigenvalue weighted by molar-refractivity contribution is 7.19. The number of methoxy groups -OCH3 is 1. The third-order valence-electron chi connectivity index (χ3n) is 3.44. The predicted molar refractivity (Wildman–Crippen MR) is 80.8 cm³/mol. The highest BCUT2D eigenvalue weighted by Crippen LogP contribution is 2.45. The number of amides is 1. The fraction of sp³-hybridized carbons (Fsp3) is 0.615. The molecule has 0 bridgehead atoms. The summed E-state index contributed by atoms with van der Waals surface area (Å²) < 4.78 is 5.38. The number of carbonyl (C=O) groups is 1. The van der Waals surface area contributed by atoms with Gasteiger partial charge in [0, 0.05) is 27.2 Å². The van der Waals surface area contributed by atoms with Crippen molar-refractivity contribution in [2.75, 3.05) is 44.9 Å². The molecule has 0 aromatic carbocycles. The van der Waals surface area contributed by atoms with E-state index in [9.17, 15) is 9.90 Å². The Labute approximate surface area is 122 Å². The second-order valence-corrected chi connectivity index (χ2v) is 6.10. The van der Waals surface area contributed by atoms with Gasteiger partial charge in [0.15, 0.2) is 5.75 Å².